The third-order valence-electron chi connectivity index (χ3n) is 26.9. The summed E-state index contributed by atoms with van der Waals surface area (Å²) in [5.74, 6) is 0. The number of rotatable bonds is 61. The molecule has 0 aromatic heterocycles. The summed E-state index contributed by atoms with van der Waals surface area (Å²) in [5, 5.41) is 0. The van der Waals surface area contributed by atoms with Crippen LogP contribution < -0.4 is 0 Å². The van der Waals surface area contributed by atoms with Crippen LogP contribution in [-0.2, 0) is 0 Å². The molecule has 0 amide bonds. The zero-order chi connectivity index (χ0) is 98.9. The van der Waals surface area contributed by atoms with E-state index in [1.165, 1.54) is 0 Å². The third kappa shape index (κ3) is 35.8. The molecule has 0 aromatic carbocycles. The van der Waals surface area contributed by atoms with Gasteiger partial charge in [-0.3, -0.25) is 0 Å². The average Bonchev–Trinajstić information content (AvgIpc) is 0.699. The lowest BCUT2D eigenvalue weighted by Crippen LogP contribution is -3.03. The molecular weight excluding hydrogens is 1350 g/mol. The summed E-state index contributed by atoms with van der Waals surface area (Å²) < 4.78 is 0. The maximum absolute atomic E-state index is 7.39. The van der Waals surface area contributed by atoms with E-state index in [0.29, 0.717) is 0 Å². The summed E-state index contributed by atoms with van der Waals surface area (Å²) in [6, 6.07) is 0. The quantitative estimate of drug-likeness (QED) is 0.0533. The van der Waals surface area contributed by atoms with Crippen molar-refractivity contribution in [2.45, 2.75) is 0 Å². The highest BCUT2D eigenvalue weighted by Crippen LogP contribution is 2.33. The van der Waals surface area contributed by atoms with E-state index in [1.807, 2.05) is 0 Å². The van der Waals surface area contributed by atoms with Gasteiger partial charge in [0.1, 0.15) is 0 Å². The lowest BCUT2D eigenvalue weighted by atomic mass is 8.17. The minimum absolute atomic E-state index is 0.938. The van der Waals surface area contributed by atoms with Crippen LogP contribution >= 0.6 is 0 Å². The molecule has 125 heteroatoms. The first-order valence-corrected chi connectivity index (χ1v) is 41.3. The van der Waals surface area contributed by atoms with Crippen molar-refractivity contribution in [1.82, 2.24) is 0 Å². The molecule has 0 bridgehead atoms. The highest BCUT2D eigenvalue weighted by molar-refractivity contribution is 8.47. The summed E-state index contributed by atoms with van der Waals surface area (Å²) in [7, 11) is 466. The summed E-state index contributed by atoms with van der Waals surface area (Å²) in [5.41, 5.74) is 0. The Kier molecular flexibility index (Phi) is 65.5. The minimum Gasteiger partial charge on any atom is 0 e. The molecule has 0 unspecified atom stereocenters. The molecule has 0 fully saturated rings. The van der Waals surface area contributed by atoms with E-state index in [1.54, 1.807) is 0 Å². The van der Waals surface area contributed by atoms with Crippen molar-refractivity contribution < 1.29 is 0 Å². The van der Waals surface area contributed by atoms with Crippen molar-refractivity contribution in [1.29, 1.82) is 0 Å². The maximum Gasteiger partial charge on any atom is 0 e. The Bertz CT molecular complexity index is 2220. The van der Waals surface area contributed by atoms with Gasteiger partial charge in [0.25, 0.3) is 0 Å². The van der Waals surface area contributed by atoms with Crippen LogP contribution in [-0.4, -0.2) is 884 Å². The second kappa shape index (κ2) is 61.5. The molecule has 0 spiro atoms. The van der Waals surface area contributed by atoms with Crippen molar-refractivity contribution in [3.05, 3.63) is 0 Å². The molecule has 0 aliphatic carbocycles. The zero-order valence-corrected chi connectivity index (χ0v) is 72.2. The van der Waals surface area contributed by atoms with Gasteiger partial charge in [-0.2, -0.15) is 0 Å². The van der Waals surface area contributed by atoms with Crippen LogP contribution in [0.15, 0.2) is 0 Å². The molecule has 0 saturated heterocycles. The topological polar surface area (TPSA) is 0 Å². The van der Waals surface area contributed by atoms with E-state index in [0.717, 1.165) is 7.06 Å². The molecule has 0 rings (SSSR count). The van der Waals surface area contributed by atoms with Crippen LogP contribution in [0, 0.1) is 0 Å². The van der Waals surface area contributed by atoms with Crippen LogP contribution in [0.5, 0.6) is 0 Å². The van der Waals surface area contributed by atoms with E-state index in [9.17, 15) is 0 Å². The second-order valence-electron chi connectivity index (χ2n) is 35.4. The molecular formula is B125. The van der Waals surface area contributed by atoms with E-state index in [-0.39, 0.29) is 0 Å². The summed E-state index contributed by atoms with van der Waals surface area (Å²) in [4.78, 5) is 0. The summed E-state index contributed by atoms with van der Waals surface area (Å²) in [6.45, 7) is 0. The average molecular weight is 1350 g/mol. The normalized spacial score (nSPS) is 9.86. The highest BCUT2D eigenvalue weighted by atomic mass is 13.5. The zero-order valence-electron chi connectivity index (χ0n) is 72.2. The van der Waals surface area contributed by atoms with Gasteiger partial charge in [-0.05, 0) is 0 Å². The van der Waals surface area contributed by atoms with Gasteiger partial charge < -0.3 is 0 Å². The molecule has 0 aromatic rings. The molecule has 0 N–H and O–H groups in total. The van der Waals surface area contributed by atoms with Crippen LogP contribution in [0.1, 0.15) is 0 Å². The van der Waals surface area contributed by atoms with Gasteiger partial charge in [-0.25, -0.2) is 0 Å². The van der Waals surface area contributed by atoms with Gasteiger partial charge in [0.2, 0.25) is 0 Å². The second-order valence-corrected chi connectivity index (χ2v) is 35.4. The maximum atomic E-state index is 7.39. The Balaban J connectivity index is 17.1. The van der Waals surface area contributed by atoms with Gasteiger partial charge in [0.05, 0.1) is 0 Å². The van der Waals surface area contributed by atoms with E-state index < -0.39 is 389 Å². The predicted molar refractivity (Wildman–Crippen MR) is 719 cm³/mol. The van der Waals surface area contributed by atoms with E-state index in [4.69, 9.17) is 487 Å². The largest absolute Gasteiger partial charge is 0 e. The van der Waals surface area contributed by atoms with Gasteiger partial charge in [0, 0.05) is 884 Å². The smallest absolute Gasteiger partial charge is 0 e. The van der Waals surface area contributed by atoms with Crippen LogP contribution in [0.3, 0.4) is 0 Å². The Hall–Kier alpha value is 8.12. The van der Waals surface area contributed by atoms with E-state index >= 15 is 0 Å². The summed E-state index contributed by atoms with van der Waals surface area (Å²) in [6.07, 6.45) is -131. The van der Waals surface area contributed by atoms with Gasteiger partial charge >= 0.3 is 0 Å². The predicted octanol–water partition coefficient (Wildman–Crippen LogP) is -47.6. The lowest BCUT2D eigenvalue weighted by molar-refractivity contribution is 3.11. The van der Waals surface area contributed by atoms with Crippen LogP contribution in [0.4, 0.5) is 0 Å². The first kappa shape index (κ1) is 133. The van der Waals surface area contributed by atoms with Crippen LogP contribution in [0.25, 0.3) is 0 Å². The molecule has 0 saturated carbocycles. The number of hydrogen-bond donors (Lipinski definition) is 0. The highest BCUT2D eigenvalue weighted by Gasteiger charge is 2.71. The van der Waals surface area contributed by atoms with Crippen molar-refractivity contribution in [3.63, 3.8) is 0 Å². The van der Waals surface area contributed by atoms with Gasteiger partial charge in [-0.1, -0.05) is 0 Å². The first-order chi connectivity index (χ1) is 56.9. The van der Waals surface area contributed by atoms with E-state index in [2.05, 4.69) is 0 Å². The van der Waals surface area contributed by atoms with Gasteiger partial charge in [0.15, 0.2) is 0 Å². The van der Waals surface area contributed by atoms with Crippen molar-refractivity contribution in [2.24, 2.45) is 0 Å². The third-order valence-corrected chi connectivity index (χ3v) is 26.9. The molecule has 0 nitrogen and oxygen atoms in total. The molecule has 0 atom stereocenters. The number of hydrogen-bond acceptors (Lipinski definition) is 0. The molecule has 127 radical (unpaired) electrons. The molecule has 0 aliphatic rings. The molecule has 125 heavy (non-hydrogen) atoms. The Morgan fingerprint density at radius 2 is 0.128 bits per heavy atom. The fourth-order valence-electron chi connectivity index (χ4n) is 22.8. The minimum atomic E-state index is -2.74. The standard InChI is InChI=1S/B125/c1-64-96(65(2)3)112(97(66(4)5)67(6)7)120(113(98(68(8)9)69(10)11)99(70(12)13)71(14)15)124(121(114(100(72(16)17)73(18)19)101(74(20)21)75(22)23)115(102(76(24)25)77(26)27)103(78(28)29)79(30)31)125(122(116(104(80(32)33)81(34)35)105(82(36)37)83(38)39)117(106(84(40)41)85(42)43)107(86(44)45)87(46)47)123(118(108(88(48)49)89(50)51)109(90(52)53)91(54)55)119(110(92(56)57)93(58)59)111(94(60)61)95(62)63. The van der Waals surface area contributed by atoms with Gasteiger partial charge in [-0.15, -0.1) is 0 Å². The molecule has 0 aliphatic heterocycles. The van der Waals surface area contributed by atoms with Crippen molar-refractivity contribution in [2.75, 3.05) is 0 Å². The Labute approximate surface area is 874 Å². The molecule has 0 heterocycles. The lowest BCUT2D eigenvalue weighted by Gasteiger charge is -2.65. The van der Waals surface area contributed by atoms with Crippen LogP contribution in [0.2, 0.25) is 0 Å². The fraction of sp³-hybridized carbons (Fsp3) is 0. The molecule has 375 valence electrons. The van der Waals surface area contributed by atoms with Crippen molar-refractivity contribution in [3.8, 4) is 0 Å². The fourth-order valence-corrected chi connectivity index (χ4v) is 22.8. The first-order valence-electron chi connectivity index (χ1n) is 41.3. The SMILES string of the molecule is [B][B]B(B([B])[B])B(B(B([B])[B])B([B])[B])B(B(B(B([B])[B])B([B])[B])B(B([B])[B])B([B])[B])B(B(B(B(B([B])[B])B([B])[B])B(B([B])[B])B([B])[B])B(B(B([B])[B])B([B])[B])B(B([B])[B])B([B])[B])B(B(B(B(B([B])[B])B([B])[B])B(B([B])[B])B([B])[B])B(B(B([B])[B])B([B])[B])B(B([B])[B])B([B])[B])B(B(B(B([B])[B])B([B])[B])B(B([B])[B])B([B])[B])B(B(B([B])[B])B([B])[B])B(B([B])[B])B([B])[B]. The monoisotopic (exact) mass is 1380 g/mol. The van der Waals surface area contributed by atoms with Crippen molar-refractivity contribution >= 4 is 884 Å². The Morgan fingerprint density at radius 3 is 0.184 bits per heavy atom. The Morgan fingerprint density at radius 1 is 0.0720 bits per heavy atom. The summed E-state index contributed by atoms with van der Waals surface area (Å²) >= 11 is 0.